The van der Waals surface area contributed by atoms with Crippen molar-refractivity contribution in [1.29, 1.82) is 0 Å². The van der Waals surface area contributed by atoms with Crippen LogP contribution in [-0.2, 0) is 25.7 Å². The van der Waals surface area contributed by atoms with Crippen molar-refractivity contribution in [2.45, 2.75) is 61.5 Å². The molecule has 4 atom stereocenters. The van der Waals surface area contributed by atoms with Gasteiger partial charge in [-0.1, -0.05) is 36.4 Å². The molecule has 0 aromatic heterocycles. The molecule has 5 rings (SSSR count). The Bertz CT molecular complexity index is 1520. The number of benzene rings is 3. The van der Waals surface area contributed by atoms with Crippen LogP contribution >= 0.6 is 11.8 Å². The summed E-state index contributed by atoms with van der Waals surface area (Å²) in [5, 5.41) is 21.3. The van der Waals surface area contributed by atoms with Gasteiger partial charge >= 0.3 is 18.1 Å². The Hall–Kier alpha value is -3.91. The smallest absolute Gasteiger partial charge is 0.471 e. The van der Waals surface area contributed by atoms with E-state index >= 15 is 0 Å². The number of thioether (sulfide) groups is 1. The first kappa shape index (κ1) is 32.5. The van der Waals surface area contributed by atoms with Crippen LogP contribution in [0.4, 0.5) is 18.9 Å². The quantitative estimate of drug-likeness (QED) is 0.253. The van der Waals surface area contributed by atoms with Gasteiger partial charge in [0.2, 0.25) is 5.91 Å². The number of halogens is 3. The maximum absolute atomic E-state index is 13.1. The Kier molecular flexibility index (Phi) is 10.1. The highest BCUT2D eigenvalue weighted by Crippen LogP contribution is 2.40. The number of likely N-dealkylation sites (tertiary alicyclic amines) is 1. The summed E-state index contributed by atoms with van der Waals surface area (Å²) >= 11 is 1.50. The van der Waals surface area contributed by atoms with Gasteiger partial charge in [0.15, 0.2) is 6.29 Å². The number of aliphatic hydroxyl groups excluding tert-OH is 1. The zero-order chi connectivity index (χ0) is 32.1. The molecule has 0 unspecified atom stereocenters. The zero-order valence-electron chi connectivity index (χ0n) is 23.9. The van der Waals surface area contributed by atoms with Crippen molar-refractivity contribution < 1.29 is 47.2 Å². The van der Waals surface area contributed by atoms with Gasteiger partial charge < -0.3 is 29.9 Å². The third-order valence-electron chi connectivity index (χ3n) is 7.64. The molecule has 3 aromatic rings. The van der Waals surface area contributed by atoms with Gasteiger partial charge in [-0.25, -0.2) is 4.79 Å². The fourth-order valence-electron chi connectivity index (χ4n) is 5.34. The van der Waals surface area contributed by atoms with Crippen molar-refractivity contribution in [3.63, 3.8) is 0 Å². The molecule has 45 heavy (non-hydrogen) atoms. The third kappa shape index (κ3) is 8.03. The van der Waals surface area contributed by atoms with Gasteiger partial charge in [-0.2, -0.15) is 13.2 Å². The average Bonchev–Trinajstić information content (AvgIpc) is 3.53. The van der Waals surface area contributed by atoms with E-state index in [-0.39, 0.29) is 43.8 Å². The van der Waals surface area contributed by atoms with Crippen LogP contribution in [0.1, 0.15) is 58.7 Å². The van der Waals surface area contributed by atoms with E-state index in [1.54, 1.807) is 36.4 Å². The first-order chi connectivity index (χ1) is 21.5. The molecule has 2 fully saturated rings. The Balaban J connectivity index is 1.32. The molecule has 2 amide bonds. The number of carboxylic acids is 1. The molecule has 238 valence electrons. The summed E-state index contributed by atoms with van der Waals surface area (Å²) in [6.07, 6.45) is -5.68. The molecule has 2 aliphatic heterocycles. The molecule has 0 bridgehead atoms. The number of carbonyl (C=O) groups is 3. The molecule has 2 aliphatic rings. The number of carboxylic acid groups (broad SMARTS) is 1. The number of rotatable bonds is 9. The Morgan fingerprint density at radius 2 is 1.71 bits per heavy atom. The number of amides is 2. The molecule has 0 radical (unpaired) electrons. The highest BCUT2D eigenvalue weighted by atomic mass is 32.2. The Morgan fingerprint density at radius 1 is 0.978 bits per heavy atom. The Labute approximate surface area is 261 Å². The number of ether oxygens (including phenoxy) is 2. The normalized spacial score (nSPS) is 21.8. The van der Waals surface area contributed by atoms with Crippen molar-refractivity contribution in [2.24, 2.45) is 0 Å². The lowest BCUT2D eigenvalue weighted by atomic mass is 10.0. The van der Waals surface area contributed by atoms with Gasteiger partial charge in [0.25, 0.3) is 0 Å². The van der Waals surface area contributed by atoms with E-state index in [4.69, 9.17) is 14.6 Å². The molecule has 13 heteroatoms. The molecular weight excluding hydrogens is 613 g/mol. The van der Waals surface area contributed by atoms with Gasteiger partial charge in [-0.3, -0.25) is 9.59 Å². The SMILES string of the molecule is O=C(O)c1ccc(SC[C@H]2C[C@@H](c3ccc(CO)cc3)O[C@@H](c3cccc(NC(=O)[C@@H]4CCCN4C(=O)C(F)(F)F)c3)O2)cc1. The zero-order valence-corrected chi connectivity index (χ0v) is 24.7. The monoisotopic (exact) mass is 644 g/mol. The largest absolute Gasteiger partial charge is 0.478 e. The molecule has 0 aliphatic carbocycles. The van der Waals surface area contributed by atoms with Crippen LogP contribution in [0, 0.1) is 0 Å². The van der Waals surface area contributed by atoms with E-state index < -0.39 is 36.3 Å². The van der Waals surface area contributed by atoms with Crippen molar-refractivity contribution in [2.75, 3.05) is 17.6 Å². The van der Waals surface area contributed by atoms with Gasteiger partial charge in [-0.05, 0) is 60.4 Å². The predicted molar refractivity (Wildman–Crippen MR) is 158 cm³/mol. The van der Waals surface area contributed by atoms with Crippen LogP contribution in [0.3, 0.4) is 0 Å². The average molecular weight is 645 g/mol. The molecule has 2 heterocycles. The van der Waals surface area contributed by atoms with Crippen LogP contribution in [0.15, 0.2) is 77.7 Å². The van der Waals surface area contributed by atoms with E-state index in [1.807, 2.05) is 24.3 Å². The summed E-state index contributed by atoms with van der Waals surface area (Å²) in [6.45, 7) is -0.247. The summed E-state index contributed by atoms with van der Waals surface area (Å²) in [7, 11) is 0. The van der Waals surface area contributed by atoms with Crippen molar-refractivity contribution in [3.05, 3.63) is 95.1 Å². The van der Waals surface area contributed by atoms with Gasteiger partial charge in [-0.15, -0.1) is 11.8 Å². The molecule has 2 saturated heterocycles. The van der Waals surface area contributed by atoms with Gasteiger partial charge in [0, 0.05) is 34.9 Å². The Morgan fingerprint density at radius 3 is 2.38 bits per heavy atom. The molecule has 0 spiro atoms. The van der Waals surface area contributed by atoms with Crippen LogP contribution in [0.25, 0.3) is 0 Å². The molecule has 9 nitrogen and oxygen atoms in total. The minimum absolute atomic E-state index is 0.0982. The lowest BCUT2D eigenvalue weighted by Gasteiger charge is -2.36. The highest BCUT2D eigenvalue weighted by Gasteiger charge is 2.47. The maximum atomic E-state index is 13.1. The fourth-order valence-corrected chi connectivity index (χ4v) is 6.26. The van der Waals surface area contributed by atoms with Gasteiger partial charge in [0.05, 0.1) is 24.4 Å². The van der Waals surface area contributed by atoms with Crippen LogP contribution in [0.2, 0.25) is 0 Å². The van der Waals surface area contributed by atoms with Crippen LogP contribution in [-0.4, -0.2) is 63.5 Å². The summed E-state index contributed by atoms with van der Waals surface area (Å²) in [5.74, 6) is -3.22. The first-order valence-electron chi connectivity index (χ1n) is 14.3. The number of aromatic carboxylic acids is 1. The minimum atomic E-state index is -5.07. The van der Waals surface area contributed by atoms with E-state index in [0.717, 1.165) is 16.0 Å². The second-order valence-electron chi connectivity index (χ2n) is 10.8. The second kappa shape index (κ2) is 14.0. The number of nitrogens with one attached hydrogen (secondary N) is 1. The lowest BCUT2D eigenvalue weighted by Crippen LogP contribution is -2.48. The molecular formula is C32H31F3N2O7S. The third-order valence-corrected chi connectivity index (χ3v) is 8.78. The van der Waals surface area contributed by atoms with Crippen molar-refractivity contribution in [1.82, 2.24) is 4.90 Å². The van der Waals surface area contributed by atoms with E-state index in [9.17, 15) is 32.7 Å². The maximum Gasteiger partial charge on any atom is 0.471 e. The summed E-state index contributed by atoms with van der Waals surface area (Å²) < 4.78 is 51.9. The van der Waals surface area contributed by atoms with E-state index in [2.05, 4.69) is 5.32 Å². The summed E-state index contributed by atoms with van der Waals surface area (Å²) in [6, 6.07) is 19.3. The second-order valence-corrected chi connectivity index (χ2v) is 11.9. The van der Waals surface area contributed by atoms with E-state index in [1.165, 1.54) is 23.9 Å². The first-order valence-corrected chi connectivity index (χ1v) is 15.3. The number of hydrogen-bond acceptors (Lipinski definition) is 7. The van der Waals surface area contributed by atoms with Crippen LogP contribution < -0.4 is 5.32 Å². The summed E-state index contributed by atoms with van der Waals surface area (Å²) in [5.41, 5.74) is 2.70. The number of carbonyl (C=O) groups excluding carboxylic acids is 2. The minimum Gasteiger partial charge on any atom is -0.478 e. The highest BCUT2D eigenvalue weighted by molar-refractivity contribution is 7.99. The fraction of sp³-hybridized carbons (Fsp3) is 0.344. The van der Waals surface area contributed by atoms with Crippen molar-refractivity contribution in [3.8, 4) is 0 Å². The molecule has 0 saturated carbocycles. The van der Waals surface area contributed by atoms with Gasteiger partial charge in [0.1, 0.15) is 6.04 Å². The van der Waals surface area contributed by atoms with Crippen molar-refractivity contribution >= 4 is 35.2 Å². The topological polar surface area (TPSA) is 125 Å². The number of aliphatic hydroxyl groups is 1. The number of nitrogens with zero attached hydrogens (tertiary/aromatic N) is 1. The molecule has 3 aromatic carbocycles. The summed E-state index contributed by atoms with van der Waals surface area (Å²) in [4.78, 5) is 37.4. The number of hydrogen-bond donors (Lipinski definition) is 3. The van der Waals surface area contributed by atoms with Crippen LogP contribution in [0.5, 0.6) is 0 Å². The number of alkyl halides is 3. The predicted octanol–water partition coefficient (Wildman–Crippen LogP) is 5.71. The molecule has 3 N–H and O–H groups in total. The number of anilines is 1. The lowest BCUT2D eigenvalue weighted by molar-refractivity contribution is -0.245. The standard InChI is InChI=1S/C32H31F3N2O7S/c33-32(34,35)31(42)37-14-2-5-26(37)28(39)36-23-4-1-3-22(15-23)30-43-24(18-45-25-12-10-21(11-13-25)29(40)41)16-27(44-30)20-8-6-19(17-38)7-9-20/h1,3-4,6-13,15,24,26-27,30,38H,2,5,14,16-18H2,(H,36,39)(H,40,41)/t24-,26+,27+,30+/m1/s1. The van der Waals surface area contributed by atoms with E-state index in [0.29, 0.717) is 28.3 Å².